The van der Waals surface area contributed by atoms with Gasteiger partial charge in [-0.3, -0.25) is 0 Å². The van der Waals surface area contributed by atoms with Gasteiger partial charge in [0, 0.05) is 5.56 Å². The molecule has 0 radical (unpaired) electrons. The summed E-state index contributed by atoms with van der Waals surface area (Å²) < 4.78 is 114. The molecule has 0 spiro atoms. The maximum atomic E-state index is 15.2. The molecule has 0 N–H and O–H groups in total. The molecule has 0 aromatic heterocycles. The molecule has 0 saturated carbocycles. The fourth-order valence-corrected chi connectivity index (χ4v) is 4.18. The Morgan fingerprint density at radius 2 is 1.26 bits per heavy atom. The Morgan fingerprint density at radius 1 is 0.714 bits per heavy atom. The van der Waals surface area contributed by atoms with Gasteiger partial charge in [0.05, 0.1) is 17.7 Å². The van der Waals surface area contributed by atoms with Crippen LogP contribution in [0.25, 0.3) is 11.1 Å². The second-order valence-corrected chi connectivity index (χ2v) is 8.15. The van der Waals surface area contributed by atoms with Crippen molar-refractivity contribution in [1.29, 1.82) is 0 Å². The zero-order valence-corrected chi connectivity index (χ0v) is 18.8. The number of ether oxygens (including phenoxy) is 2. The van der Waals surface area contributed by atoms with E-state index in [1.165, 1.54) is 19.1 Å². The third kappa shape index (κ3) is 4.00. The van der Waals surface area contributed by atoms with Crippen LogP contribution in [0.15, 0.2) is 42.5 Å². The second-order valence-electron chi connectivity index (χ2n) is 8.15. The molecular formula is C26H21F7O2. The lowest BCUT2D eigenvalue weighted by Crippen LogP contribution is -2.41. The van der Waals surface area contributed by atoms with Gasteiger partial charge in [0.15, 0.2) is 23.1 Å². The third-order valence-electron chi connectivity index (χ3n) is 5.86. The van der Waals surface area contributed by atoms with Crippen molar-refractivity contribution in [2.24, 2.45) is 0 Å². The lowest BCUT2D eigenvalue weighted by atomic mass is 9.79. The number of hydrogen-bond donors (Lipinski definition) is 0. The van der Waals surface area contributed by atoms with E-state index in [1.807, 2.05) is 6.92 Å². The van der Waals surface area contributed by atoms with Gasteiger partial charge in [0.2, 0.25) is 0 Å². The van der Waals surface area contributed by atoms with E-state index in [9.17, 15) is 17.6 Å². The van der Waals surface area contributed by atoms with Crippen molar-refractivity contribution in [3.8, 4) is 22.6 Å². The molecule has 2 nitrogen and oxygen atoms in total. The van der Waals surface area contributed by atoms with Gasteiger partial charge in [-0.15, -0.1) is 0 Å². The molecule has 4 rings (SSSR count). The van der Waals surface area contributed by atoms with Crippen LogP contribution in [-0.4, -0.2) is 6.61 Å². The summed E-state index contributed by atoms with van der Waals surface area (Å²) in [5.41, 5.74) is -3.58. The Kier molecular flexibility index (Phi) is 6.46. The average molecular weight is 498 g/mol. The summed E-state index contributed by atoms with van der Waals surface area (Å²) in [7, 11) is 0. The molecule has 0 heterocycles. The van der Waals surface area contributed by atoms with E-state index >= 15 is 13.2 Å². The first-order valence-electron chi connectivity index (χ1n) is 11.0. The molecule has 0 unspecified atom stereocenters. The van der Waals surface area contributed by atoms with Gasteiger partial charge in [-0.1, -0.05) is 25.5 Å². The lowest BCUT2D eigenvalue weighted by Gasteiger charge is -2.35. The summed E-state index contributed by atoms with van der Waals surface area (Å²) in [6.07, 6.45) is 1.45. The number of aryl methyl sites for hydroxylation is 1. The van der Waals surface area contributed by atoms with Crippen LogP contribution in [-0.2, 0) is 24.9 Å². The monoisotopic (exact) mass is 498 g/mol. The van der Waals surface area contributed by atoms with E-state index in [0.717, 1.165) is 36.2 Å². The van der Waals surface area contributed by atoms with Crippen LogP contribution < -0.4 is 9.47 Å². The number of rotatable bonds is 7. The van der Waals surface area contributed by atoms with Gasteiger partial charge in [-0.2, -0.15) is 17.6 Å². The van der Waals surface area contributed by atoms with Crippen molar-refractivity contribution in [3.63, 3.8) is 0 Å². The molecule has 0 amide bonds. The van der Waals surface area contributed by atoms with Crippen LogP contribution in [0, 0.1) is 17.5 Å². The number of alkyl halides is 4. The molecule has 1 aliphatic rings. The van der Waals surface area contributed by atoms with Crippen LogP contribution in [0.3, 0.4) is 0 Å². The van der Waals surface area contributed by atoms with E-state index in [-0.39, 0.29) is 12.2 Å². The average Bonchev–Trinajstić information content (AvgIpc) is 2.79. The minimum atomic E-state index is -5.10. The van der Waals surface area contributed by atoms with Gasteiger partial charge in [-0.05, 0) is 60.4 Å². The van der Waals surface area contributed by atoms with Crippen molar-refractivity contribution in [3.05, 3.63) is 82.2 Å². The zero-order valence-electron chi connectivity index (χ0n) is 18.8. The molecule has 186 valence electrons. The van der Waals surface area contributed by atoms with E-state index in [4.69, 9.17) is 9.47 Å². The van der Waals surface area contributed by atoms with Crippen LogP contribution in [0.4, 0.5) is 30.7 Å². The highest BCUT2D eigenvalue weighted by molar-refractivity contribution is 5.78. The molecule has 0 fully saturated rings. The largest absolute Gasteiger partial charge is 0.491 e. The summed E-state index contributed by atoms with van der Waals surface area (Å²) in [4.78, 5) is 0. The van der Waals surface area contributed by atoms with Gasteiger partial charge in [0.25, 0.3) is 0 Å². The summed E-state index contributed by atoms with van der Waals surface area (Å²) in [5, 5.41) is 0. The van der Waals surface area contributed by atoms with Crippen molar-refractivity contribution in [1.82, 2.24) is 0 Å². The molecule has 0 bridgehead atoms. The first kappa shape index (κ1) is 24.9. The standard InChI is InChI=1S/C26H21F7O2/c1-3-5-14-6-7-15(18(27)12-14)13-35-20-11-9-17-16-8-10-19(34-4-2)23(28)21(16)25(30,31)26(32,33)22(17)24(20)29/h6-12H,3-5,13H2,1-2H3. The van der Waals surface area contributed by atoms with E-state index in [1.54, 1.807) is 6.07 Å². The van der Waals surface area contributed by atoms with Gasteiger partial charge >= 0.3 is 11.8 Å². The molecule has 9 heteroatoms. The van der Waals surface area contributed by atoms with Gasteiger partial charge in [-0.25, -0.2) is 13.2 Å². The van der Waals surface area contributed by atoms with E-state index in [2.05, 4.69) is 0 Å². The Hall–Kier alpha value is -3.23. The fraction of sp³-hybridized carbons (Fsp3) is 0.308. The van der Waals surface area contributed by atoms with Crippen molar-refractivity contribution < 1.29 is 40.2 Å². The van der Waals surface area contributed by atoms with Crippen LogP contribution in [0.1, 0.15) is 42.5 Å². The predicted molar refractivity (Wildman–Crippen MR) is 115 cm³/mol. The predicted octanol–water partition coefficient (Wildman–Crippen LogP) is 7.90. The molecule has 1 aliphatic carbocycles. The Bertz CT molecular complexity index is 1270. The zero-order chi connectivity index (χ0) is 25.5. The smallest absolute Gasteiger partial charge is 0.343 e. The summed E-state index contributed by atoms with van der Waals surface area (Å²) >= 11 is 0. The lowest BCUT2D eigenvalue weighted by molar-refractivity contribution is -0.228. The summed E-state index contributed by atoms with van der Waals surface area (Å²) in [5.74, 6) is -15.5. The molecule has 0 aliphatic heterocycles. The fourth-order valence-electron chi connectivity index (χ4n) is 4.18. The number of hydrogen-bond acceptors (Lipinski definition) is 2. The molecule has 3 aromatic rings. The summed E-state index contributed by atoms with van der Waals surface area (Å²) in [6.45, 7) is 2.81. The Labute approximate surface area is 197 Å². The minimum absolute atomic E-state index is 0.0370. The van der Waals surface area contributed by atoms with Crippen molar-refractivity contribution >= 4 is 0 Å². The minimum Gasteiger partial charge on any atom is -0.491 e. The van der Waals surface area contributed by atoms with Crippen LogP contribution in [0.5, 0.6) is 11.5 Å². The second kappa shape index (κ2) is 9.09. The highest BCUT2D eigenvalue weighted by Crippen LogP contribution is 2.60. The van der Waals surface area contributed by atoms with Gasteiger partial charge < -0.3 is 9.47 Å². The molecular weight excluding hydrogens is 477 g/mol. The first-order chi connectivity index (χ1) is 16.5. The quantitative estimate of drug-likeness (QED) is 0.308. The maximum Gasteiger partial charge on any atom is 0.343 e. The third-order valence-corrected chi connectivity index (χ3v) is 5.86. The maximum absolute atomic E-state index is 15.2. The molecule has 35 heavy (non-hydrogen) atoms. The highest BCUT2D eigenvalue weighted by atomic mass is 19.3. The molecule has 3 aromatic carbocycles. The van der Waals surface area contributed by atoms with Crippen LogP contribution >= 0.6 is 0 Å². The van der Waals surface area contributed by atoms with Gasteiger partial charge in [0.1, 0.15) is 12.4 Å². The normalized spacial score (nSPS) is 15.3. The van der Waals surface area contributed by atoms with E-state index in [0.29, 0.717) is 6.42 Å². The Balaban J connectivity index is 1.76. The van der Waals surface area contributed by atoms with Crippen LogP contribution in [0.2, 0.25) is 0 Å². The first-order valence-corrected chi connectivity index (χ1v) is 11.0. The molecule has 0 atom stereocenters. The summed E-state index contributed by atoms with van der Waals surface area (Å²) in [6, 6.07) is 8.31. The van der Waals surface area contributed by atoms with Crippen molar-refractivity contribution in [2.75, 3.05) is 6.61 Å². The molecule has 0 saturated heterocycles. The van der Waals surface area contributed by atoms with E-state index < -0.39 is 69.7 Å². The number of fused-ring (bicyclic) bond motifs is 3. The number of benzene rings is 3. The Morgan fingerprint density at radius 3 is 1.74 bits per heavy atom. The topological polar surface area (TPSA) is 18.5 Å². The SMILES string of the molecule is CCCc1ccc(COc2ccc3c(c2F)C(F)(F)C(F)(F)c2c-3ccc(OCC)c2F)c(F)c1. The van der Waals surface area contributed by atoms with Crippen molar-refractivity contribution in [2.45, 2.75) is 45.1 Å². The highest BCUT2D eigenvalue weighted by Gasteiger charge is 2.65. The number of halogens is 7.